The molecule has 0 saturated carbocycles. The fraction of sp³-hybridized carbons (Fsp3) is 0.250. The van der Waals surface area contributed by atoms with E-state index in [9.17, 15) is 8.42 Å². The van der Waals surface area contributed by atoms with Gasteiger partial charge in [0.25, 0.3) is 0 Å². The fourth-order valence-corrected chi connectivity index (χ4v) is 4.97. The summed E-state index contributed by atoms with van der Waals surface area (Å²) in [6.45, 7) is 3.07. The van der Waals surface area contributed by atoms with E-state index in [1.54, 1.807) is 22.8 Å². The summed E-state index contributed by atoms with van der Waals surface area (Å²) in [5.74, 6) is 0.810. The lowest BCUT2D eigenvalue weighted by Gasteiger charge is -2.12. The first-order valence-electron chi connectivity index (χ1n) is 11.3. The Morgan fingerprint density at radius 1 is 1.06 bits per heavy atom. The maximum absolute atomic E-state index is 12.5. The van der Waals surface area contributed by atoms with Gasteiger partial charge in [0.2, 0.25) is 10.0 Å². The maximum atomic E-state index is 12.5. The van der Waals surface area contributed by atoms with E-state index in [0.29, 0.717) is 29.4 Å². The molecule has 0 aliphatic heterocycles. The molecule has 0 atom stereocenters. The third-order valence-corrected chi connectivity index (χ3v) is 7.45. The normalized spacial score (nSPS) is 11.7. The van der Waals surface area contributed by atoms with E-state index in [0.717, 1.165) is 46.6 Å². The van der Waals surface area contributed by atoms with Gasteiger partial charge in [0.05, 0.1) is 10.6 Å². The molecule has 0 unspecified atom stereocenters. The SMILES string of the molecule is Bc1cnn2c(NCCCCNS(=O)(=O)c3ccc(CC)cc3)cc(-c3ccccc3Cl)nc12. The molecule has 0 bridgehead atoms. The van der Waals surface area contributed by atoms with Crippen molar-refractivity contribution in [2.24, 2.45) is 0 Å². The Kier molecular flexibility index (Phi) is 7.55. The van der Waals surface area contributed by atoms with Crippen LogP contribution >= 0.6 is 11.6 Å². The van der Waals surface area contributed by atoms with E-state index >= 15 is 0 Å². The number of sulfonamides is 1. The number of unbranched alkanes of at least 4 members (excludes halogenated alkanes) is 1. The first kappa shape index (κ1) is 24.3. The zero-order chi connectivity index (χ0) is 24.1. The van der Waals surface area contributed by atoms with E-state index in [4.69, 9.17) is 16.6 Å². The van der Waals surface area contributed by atoms with Gasteiger partial charge in [0.15, 0.2) is 5.65 Å². The second-order valence-electron chi connectivity index (χ2n) is 8.10. The predicted molar refractivity (Wildman–Crippen MR) is 140 cm³/mol. The summed E-state index contributed by atoms with van der Waals surface area (Å²) < 4.78 is 29.4. The molecule has 0 radical (unpaired) electrons. The second-order valence-corrected chi connectivity index (χ2v) is 10.3. The van der Waals surface area contributed by atoms with Crippen LogP contribution in [-0.2, 0) is 16.4 Å². The summed E-state index contributed by atoms with van der Waals surface area (Å²) in [6.07, 6.45) is 4.14. The predicted octanol–water partition coefficient (Wildman–Crippen LogP) is 3.04. The Morgan fingerprint density at radius 2 is 1.79 bits per heavy atom. The molecule has 2 N–H and O–H groups in total. The molecule has 0 fully saturated rings. The third kappa shape index (κ3) is 5.43. The number of hydrogen-bond donors (Lipinski definition) is 2. The summed E-state index contributed by atoms with van der Waals surface area (Å²) in [7, 11) is -1.53. The van der Waals surface area contributed by atoms with Crippen LogP contribution in [0.25, 0.3) is 16.9 Å². The molecule has 176 valence electrons. The van der Waals surface area contributed by atoms with E-state index in [-0.39, 0.29) is 0 Å². The van der Waals surface area contributed by atoms with Crippen LogP contribution in [0.15, 0.2) is 65.7 Å². The Hall–Kier alpha value is -2.88. The van der Waals surface area contributed by atoms with Crippen LogP contribution in [0.3, 0.4) is 0 Å². The highest BCUT2D eigenvalue weighted by molar-refractivity contribution is 7.89. The van der Waals surface area contributed by atoms with E-state index in [2.05, 4.69) is 15.1 Å². The van der Waals surface area contributed by atoms with Crippen molar-refractivity contribution in [2.75, 3.05) is 18.4 Å². The van der Waals surface area contributed by atoms with Crippen LogP contribution in [0.5, 0.6) is 0 Å². The zero-order valence-corrected chi connectivity index (χ0v) is 20.8. The standard InChI is InChI=1S/C24H27BClN5O2S/c1-2-17-9-11-18(12-10-17)34(32,33)29-14-6-5-13-27-23-15-22(19-7-3-4-8-21(19)26)30-24-20(25)16-28-31(23)24/h3-4,7-12,15-16,27,29H,2,5-6,13-14,25H2,1H3. The minimum absolute atomic E-state index is 0.295. The van der Waals surface area contributed by atoms with Crippen LogP contribution in [-0.4, -0.2) is 44.0 Å². The highest BCUT2D eigenvalue weighted by Crippen LogP contribution is 2.28. The molecule has 0 aliphatic carbocycles. The number of nitrogens with one attached hydrogen (secondary N) is 2. The molecule has 0 amide bonds. The lowest BCUT2D eigenvalue weighted by atomic mass is 10.0. The molecule has 0 aliphatic rings. The fourth-order valence-electron chi connectivity index (χ4n) is 3.67. The summed E-state index contributed by atoms with van der Waals surface area (Å²) in [6, 6.07) is 16.6. The number of aryl methyl sites for hydroxylation is 1. The molecule has 0 saturated heterocycles. The van der Waals surface area contributed by atoms with Crippen molar-refractivity contribution >= 4 is 46.4 Å². The number of hydrogen-bond acceptors (Lipinski definition) is 5. The lowest BCUT2D eigenvalue weighted by molar-refractivity contribution is 0.577. The van der Waals surface area contributed by atoms with Crippen LogP contribution in [0, 0.1) is 0 Å². The lowest BCUT2D eigenvalue weighted by Crippen LogP contribution is -2.25. The first-order chi connectivity index (χ1) is 16.4. The number of benzene rings is 2. The van der Waals surface area contributed by atoms with Gasteiger partial charge in [-0.15, -0.1) is 0 Å². The van der Waals surface area contributed by atoms with Gasteiger partial charge in [-0.3, -0.25) is 0 Å². The van der Waals surface area contributed by atoms with E-state index in [1.807, 2.05) is 57.2 Å². The van der Waals surface area contributed by atoms with Gasteiger partial charge in [-0.25, -0.2) is 18.1 Å². The van der Waals surface area contributed by atoms with Gasteiger partial charge in [0, 0.05) is 35.9 Å². The van der Waals surface area contributed by atoms with Crippen LogP contribution in [0.4, 0.5) is 5.82 Å². The highest BCUT2D eigenvalue weighted by atomic mass is 35.5. The molecule has 4 aromatic rings. The van der Waals surface area contributed by atoms with Crippen molar-refractivity contribution in [3.63, 3.8) is 0 Å². The maximum Gasteiger partial charge on any atom is 0.240 e. The summed E-state index contributed by atoms with van der Waals surface area (Å²) >= 11 is 6.39. The number of anilines is 1. The molecule has 10 heteroatoms. The van der Waals surface area contributed by atoms with Gasteiger partial charge in [-0.2, -0.15) is 9.61 Å². The molecular formula is C24H27BClN5O2S. The van der Waals surface area contributed by atoms with Crippen molar-refractivity contribution in [1.82, 2.24) is 19.3 Å². The third-order valence-electron chi connectivity index (χ3n) is 5.64. The summed E-state index contributed by atoms with van der Waals surface area (Å²) in [5.41, 5.74) is 4.48. The molecule has 7 nitrogen and oxygen atoms in total. The molecule has 2 heterocycles. The summed E-state index contributed by atoms with van der Waals surface area (Å²) in [4.78, 5) is 5.04. The van der Waals surface area contributed by atoms with Crippen molar-refractivity contribution < 1.29 is 8.42 Å². The molecular weight excluding hydrogens is 469 g/mol. The van der Waals surface area contributed by atoms with Gasteiger partial charge in [-0.1, -0.05) is 48.9 Å². The van der Waals surface area contributed by atoms with Gasteiger partial charge in [-0.05, 0) is 48.5 Å². The van der Waals surface area contributed by atoms with Crippen molar-refractivity contribution in [3.05, 3.63) is 71.4 Å². The van der Waals surface area contributed by atoms with Crippen LogP contribution in [0.2, 0.25) is 5.02 Å². The highest BCUT2D eigenvalue weighted by Gasteiger charge is 2.14. The molecule has 2 aromatic carbocycles. The number of aromatic nitrogens is 3. The molecule has 4 rings (SSSR count). The number of halogens is 1. The Labute approximate surface area is 206 Å². The van der Waals surface area contributed by atoms with Gasteiger partial charge in [0.1, 0.15) is 13.7 Å². The minimum atomic E-state index is -3.50. The largest absolute Gasteiger partial charge is 0.370 e. The minimum Gasteiger partial charge on any atom is -0.370 e. The molecule has 34 heavy (non-hydrogen) atoms. The van der Waals surface area contributed by atoms with Gasteiger partial charge < -0.3 is 5.32 Å². The molecule has 2 aromatic heterocycles. The van der Waals surface area contributed by atoms with Crippen molar-refractivity contribution in [3.8, 4) is 11.3 Å². The van der Waals surface area contributed by atoms with Crippen molar-refractivity contribution in [2.45, 2.75) is 31.1 Å². The zero-order valence-electron chi connectivity index (χ0n) is 19.3. The number of rotatable bonds is 10. The quantitative estimate of drug-likeness (QED) is 0.261. The van der Waals surface area contributed by atoms with E-state index < -0.39 is 10.0 Å². The average molecular weight is 496 g/mol. The monoisotopic (exact) mass is 495 g/mol. The van der Waals surface area contributed by atoms with Crippen molar-refractivity contribution in [1.29, 1.82) is 0 Å². The second kappa shape index (κ2) is 10.6. The first-order valence-corrected chi connectivity index (χ1v) is 13.2. The van der Waals surface area contributed by atoms with Crippen LogP contribution < -0.4 is 15.5 Å². The van der Waals surface area contributed by atoms with Crippen LogP contribution in [0.1, 0.15) is 25.3 Å². The number of nitrogens with zero attached hydrogens (tertiary/aromatic N) is 3. The number of fused-ring (bicyclic) bond motifs is 1. The summed E-state index contributed by atoms with van der Waals surface area (Å²) in [5, 5.41) is 8.49. The topological polar surface area (TPSA) is 88.4 Å². The average Bonchev–Trinajstić information content (AvgIpc) is 3.22. The Morgan fingerprint density at radius 3 is 2.53 bits per heavy atom. The Bertz CT molecular complexity index is 1390. The van der Waals surface area contributed by atoms with E-state index in [1.165, 1.54) is 0 Å². The molecule has 0 spiro atoms. The Balaban J connectivity index is 1.37. The smallest absolute Gasteiger partial charge is 0.240 e. The van der Waals surface area contributed by atoms with Gasteiger partial charge >= 0.3 is 0 Å².